The molecule has 2 aromatic rings. The Morgan fingerprint density at radius 2 is 2.20 bits per heavy atom. The summed E-state index contributed by atoms with van der Waals surface area (Å²) in [5, 5.41) is 4.70. The molecule has 3 heterocycles. The van der Waals surface area contributed by atoms with Crippen molar-refractivity contribution < 1.29 is 4.90 Å². The predicted octanol–water partition coefficient (Wildman–Crippen LogP) is 0.362. The second-order valence-corrected chi connectivity index (χ2v) is 7.95. The molecule has 2 aromatic heterocycles. The van der Waals surface area contributed by atoms with Gasteiger partial charge in [0.1, 0.15) is 11.4 Å². The van der Waals surface area contributed by atoms with E-state index in [1.807, 2.05) is 13.8 Å². The Kier molecular flexibility index (Phi) is 5.51. The summed E-state index contributed by atoms with van der Waals surface area (Å²) in [4.78, 5) is 25.6. The van der Waals surface area contributed by atoms with Gasteiger partial charge in [-0.3, -0.25) is 4.79 Å². The largest absolute Gasteiger partial charge is 0.359 e. The molecule has 1 aliphatic heterocycles. The number of H-pyrrole nitrogens is 1. The highest BCUT2D eigenvalue weighted by atomic mass is 32.1. The van der Waals surface area contributed by atoms with Gasteiger partial charge in [0, 0.05) is 11.4 Å². The van der Waals surface area contributed by atoms with Crippen LogP contribution in [0, 0.1) is 13.8 Å². The molecule has 8 heteroatoms. The molecule has 6 nitrogen and oxygen atoms in total. The number of piperazine rings is 1. The van der Waals surface area contributed by atoms with Gasteiger partial charge in [-0.05, 0) is 31.6 Å². The lowest BCUT2D eigenvalue weighted by atomic mass is 10.2. The molecule has 0 saturated carbocycles. The molecular formula is C17H24N5OS2+. The highest BCUT2D eigenvalue weighted by molar-refractivity contribution is 7.80. The summed E-state index contributed by atoms with van der Waals surface area (Å²) in [6.07, 6.45) is 1.81. The average Bonchev–Trinajstić information content (AvgIpc) is 2.88. The predicted molar refractivity (Wildman–Crippen MR) is 106 cm³/mol. The van der Waals surface area contributed by atoms with E-state index in [4.69, 9.17) is 12.2 Å². The number of aromatic nitrogens is 2. The number of rotatable bonds is 4. The topological polar surface area (TPSA) is 65.5 Å². The lowest BCUT2D eigenvalue weighted by Gasteiger charge is -2.33. The number of nitrogens with zero attached hydrogens (tertiary/aromatic N) is 2. The van der Waals surface area contributed by atoms with Crippen molar-refractivity contribution >= 4 is 38.9 Å². The van der Waals surface area contributed by atoms with Crippen LogP contribution in [-0.2, 0) is 6.54 Å². The van der Waals surface area contributed by atoms with Crippen LogP contribution in [0.5, 0.6) is 0 Å². The number of thiophene rings is 1. The molecule has 3 N–H and O–H groups in total. The first-order valence-corrected chi connectivity index (χ1v) is 9.68. The zero-order valence-corrected chi connectivity index (χ0v) is 16.3. The summed E-state index contributed by atoms with van der Waals surface area (Å²) in [6.45, 7) is 12.9. The molecule has 0 amide bonds. The van der Waals surface area contributed by atoms with Gasteiger partial charge in [-0.15, -0.1) is 17.9 Å². The monoisotopic (exact) mass is 378 g/mol. The molecule has 1 fully saturated rings. The average molecular weight is 379 g/mol. The van der Waals surface area contributed by atoms with Gasteiger partial charge >= 0.3 is 0 Å². The van der Waals surface area contributed by atoms with Crippen molar-refractivity contribution in [1.29, 1.82) is 0 Å². The van der Waals surface area contributed by atoms with Gasteiger partial charge in [0.25, 0.3) is 5.56 Å². The minimum atomic E-state index is -0.0188. The van der Waals surface area contributed by atoms with Gasteiger partial charge in [0.2, 0.25) is 0 Å². The molecule has 3 rings (SSSR count). The van der Waals surface area contributed by atoms with E-state index in [1.54, 1.807) is 17.4 Å². The van der Waals surface area contributed by atoms with Crippen molar-refractivity contribution in [2.24, 2.45) is 0 Å². The minimum absolute atomic E-state index is 0.0188. The van der Waals surface area contributed by atoms with E-state index >= 15 is 0 Å². The van der Waals surface area contributed by atoms with E-state index < -0.39 is 0 Å². The number of hydrogen-bond acceptors (Lipinski definition) is 4. The quantitative estimate of drug-likeness (QED) is 0.530. The van der Waals surface area contributed by atoms with Crippen molar-refractivity contribution in [2.75, 3.05) is 32.7 Å². The lowest BCUT2D eigenvalue weighted by Crippen LogP contribution is -3.13. The Balaban J connectivity index is 1.64. The van der Waals surface area contributed by atoms with Crippen molar-refractivity contribution in [2.45, 2.75) is 20.4 Å². The van der Waals surface area contributed by atoms with Crippen LogP contribution in [0.2, 0.25) is 0 Å². The maximum atomic E-state index is 12.4. The molecule has 1 saturated heterocycles. The summed E-state index contributed by atoms with van der Waals surface area (Å²) in [5.74, 6) is 0.773. The van der Waals surface area contributed by atoms with Gasteiger partial charge in [-0.1, -0.05) is 6.08 Å². The number of aryl methyl sites for hydroxylation is 2. The Morgan fingerprint density at radius 3 is 2.88 bits per heavy atom. The third-order valence-electron chi connectivity index (χ3n) is 4.66. The highest BCUT2D eigenvalue weighted by Crippen LogP contribution is 2.25. The van der Waals surface area contributed by atoms with Gasteiger partial charge < -0.3 is 20.1 Å². The van der Waals surface area contributed by atoms with E-state index in [2.05, 4.69) is 26.8 Å². The SMILES string of the molecule is C=CCNC(=S)N1CC[NH+](Cc2nc3sc(C)c(C)c3c(=O)[nH]2)CC1. The molecule has 0 aromatic carbocycles. The second-order valence-electron chi connectivity index (χ2n) is 6.36. The standard InChI is InChI=1S/C17H23N5OS2/c1-4-5-18-17(24)22-8-6-21(7-9-22)10-13-19-15(23)14-11(2)12(3)25-16(14)20-13/h4H,1,5-10H2,2-3H3,(H,18,24)(H,19,20,23)/p+1. The Bertz CT molecular complexity index is 849. The number of thiocarbonyl (C=S) groups is 1. The molecule has 25 heavy (non-hydrogen) atoms. The Labute approximate surface area is 156 Å². The molecule has 0 radical (unpaired) electrons. The maximum absolute atomic E-state index is 12.4. The van der Waals surface area contributed by atoms with E-state index in [1.165, 1.54) is 4.90 Å². The maximum Gasteiger partial charge on any atom is 0.260 e. The van der Waals surface area contributed by atoms with Gasteiger partial charge in [0.15, 0.2) is 10.9 Å². The molecule has 0 spiro atoms. The molecule has 0 bridgehead atoms. The number of aromatic amines is 1. The van der Waals surface area contributed by atoms with Gasteiger partial charge in [-0.25, -0.2) is 4.98 Å². The first-order chi connectivity index (χ1) is 12.0. The summed E-state index contributed by atoms with van der Waals surface area (Å²) in [5.41, 5.74) is 1.02. The zero-order valence-electron chi connectivity index (χ0n) is 14.6. The van der Waals surface area contributed by atoms with Crippen LogP contribution >= 0.6 is 23.6 Å². The molecule has 0 atom stereocenters. The summed E-state index contributed by atoms with van der Waals surface area (Å²) in [7, 11) is 0. The summed E-state index contributed by atoms with van der Waals surface area (Å²) < 4.78 is 0. The minimum Gasteiger partial charge on any atom is -0.359 e. The molecular weight excluding hydrogens is 354 g/mol. The van der Waals surface area contributed by atoms with Crippen LogP contribution < -0.4 is 15.8 Å². The Hall–Kier alpha value is -1.77. The lowest BCUT2D eigenvalue weighted by molar-refractivity contribution is -0.918. The van der Waals surface area contributed by atoms with E-state index in [-0.39, 0.29) is 5.56 Å². The Morgan fingerprint density at radius 1 is 1.48 bits per heavy atom. The number of hydrogen-bond donors (Lipinski definition) is 3. The van der Waals surface area contributed by atoms with Crippen LogP contribution in [0.25, 0.3) is 10.2 Å². The summed E-state index contributed by atoms with van der Waals surface area (Å²) >= 11 is 6.99. The van der Waals surface area contributed by atoms with Crippen molar-refractivity contribution in [3.05, 3.63) is 39.3 Å². The molecule has 0 unspecified atom stereocenters. The van der Waals surface area contributed by atoms with E-state index in [9.17, 15) is 4.79 Å². The van der Waals surface area contributed by atoms with Crippen LogP contribution in [0.3, 0.4) is 0 Å². The fraction of sp³-hybridized carbons (Fsp3) is 0.471. The third-order valence-corrected chi connectivity index (χ3v) is 6.16. The molecule has 134 valence electrons. The van der Waals surface area contributed by atoms with E-state index in [0.29, 0.717) is 6.54 Å². The van der Waals surface area contributed by atoms with Gasteiger partial charge in [0.05, 0.1) is 31.6 Å². The van der Waals surface area contributed by atoms with E-state index in [0.717, 1.165) is 64.3 Å². The highest BCUT2D eigenvalue weighted by Gasteiger charge is 2.23. The van der Waals surface area contributed by atoms with Crippen molar-refractivity contribution in [3.8, 4) is 0 Å². The first kappa shape index (κ1) is 18.0. The van der Waals surface area contributed by atoms with Gasteiger partial charge in [-0.2, -0.15) is 0 Å². The molecule has 0 aliphatic carbocycles. The normalized spacial score (nSPS) is 15.5. The van der Waals surface area contributed by atoms with Crippen molar-refractivity contribution in [1.82, 2.24) is 20.2 Å². The zero-order chi connectivity index (χ0) is 18.0. The van der Waals surface area contributed by atoms with Crippen LogP contribution in [0.1, 0.15) is 16.3 Å². The smallest absolute Gasteiger partial charge is 0.260 e. The van der Waals surface area contributed by atoms with Crippen LogP contribution in [0.15, 0.2) is 17.4 Å². The van der Waals surface area contributed by atoms with Crippen LogP contribution in [-0.4, -0.2) is 52.7 Å². The fourth-order valence-corrected chi connectivity index (χ4v) is 4.41. The van der Waals surface area contributed by atoms with Crippen molar-refractivity contribution in [3.63, 3.8) is 0 Å². The van der Waals surface area contributed by atoms with Crippen LogP contribution in [0.4, 0.5) is 0 Å². The summed E-state index contributed by atoms with van der Waals surface area (Å²) in [6, 6.07) is 0. The third kappa shape index (κ3) is 3.91. The molecule has 1 aliphatic rings. The number of fused-ring (bicyclic) bond motifs is 1. The fourth-order valence-electron chi connectivity index (χ4n) is 3.09. The second kappa shape index (κ2) is 7.63. The number of quaternary nitrogens is 1. The first-order valence-electron chi connectivity index (χ1n) is 8.45. The number of nitrogens with one attached hydrogen (secondary N) is 3.